The van der Waals surface area contributed by atoms with E-state index in [4.69, 9.17) is 9.26 Å². The van der Waals surface area contributed by atoms with Crippen LogP contribution < -0.4 is 10.6 Å². The van der Waals surface area contributed by atoms with Crippen molar-refractivity contribution < 1.29 is 18.8 Å². The summed E-state index contributed by atoms with van der Waals surface area (Å²) in [4.78, 5) is 26.9. The number of nitrogens with one attached hydrogen (secondary N) is 2. The molecule has 0 spiro atoms. The number of fused-ring (bicyclic) bond motifs is 1. The molecule has 9 nitrogen and oxygen atoms in total. The lowest BCUT2D eigenvalue weighted by Gasteiger charge is -2.19. The van der Waals surface area contributed by atoms with E-state index in [0.29, 0.717) is 18.7 Å². The van der Waals surface area contributed by atoms with Gasteiger partial charge in [-0.15, -0.1) is 16.4 Å². The van der Waals surface area contributed by atoms with Crippen LogP contribution in [0.3, 0.4) is 0 Å². The molecule has 0 aliphatic carbocycles. The smallest absolute Gasteiger partial charge is 0.407 e. The fraction of sp³-hybridized carbons (Fsp3) is 0.389. The summed E-state index contributed by atoms with van der Waals surface area (Å²) in [5.74, 6) is -0.206. The van der Waals surface area contributed by atoms with Gasteiger partial charge in [-0.2, -0.15) is 0 Å². The SMILES string of the molecule is CNC(=O)c1csc(CCNC(=O)OC(C)(C)C)n1.c1ccc2onnc2c1. The number of benzene rings is 1. The third-order valence-electron chi connectivity index (χ3n) is 3.17. The van der Waals surface area contributed by atoms with Crippen LogP contribution in [0.5, 0.6) is 0 Å². The summed E-state index contributed by atoms with van der Waals surface area (Å²) in [6, 6.07) is 7.46. The molecule has 2 N–H and O–H groups in total. The summed E-state index contributed by atoms with van der Waals surface area (Å²) in [7, 11) is 1.56. The Bertz CT molecular complexity index is 886. The van der Waals surface area contributed by atoms with Crippen LogP contribution in [0.25, 0.3) is 11.1 Å². The minimum atomic E-state index is -0.502. The Morgan fingerprint density at radius 2 is 2.00 bits per heavy atom. The van der Waals surface area contributed by atoms with Crippen LogP contribution in [0.2, 0.25) is 0 Å². The molecule has 2 heterocycles. The number of para-hydroxylation sites is 1. The Hall–Kier alpha value is -3.01. The molecule has 0 fully saturated rings. The van der Waals surface area contributed by atoms with Gasteiger partial charge in [0, 0.05) is 30.7 Å². The molecule has 0 saturated heterocycles. The number of rotatable bonds is 4. The molecular formula is C18H23N5O4S. The minimum absolute atomic E-state index is 0.206. The lowest BCUT2D eigenvalue weighted by Crippen LogP contribution is -2.33. The highest BCUT2D eigenvalue weighted by Crippen LogP contribution is 2.10. The lowest BCUT2D eigenvalue weighted by atomic mass is 10.2. The van der Waals surface area contributed by atoms with Crippen LogP contribution in [0.15, 0.2) is 34.2 Å². The number of alkyl carbamates (subject to hydrolysis) is 1. The van der Waals surface area contributed by atoms with Crippen molar-refractivity contribution in [1.29, 1.82) is 0 Å². The van der Waals surface area contributed by atoms with Gasteiger partial charge in [0.25, 0.3) is 5.91 Å². The zero-order valence-electron chi connectivity index (χ0n) is 16.2. The zero-order valence-corrected chi connectivity index (χ0v) is 17.0. The predicted octanol–water partition coefficient (Wildman–Crippen LogP) is 2.79. The second-order valence-corrected chi connectivity index (χ2v) is 7.57. The van der Waals surface area contributed by atoms with Crippen molar-refractivity contribution in [2.75, 3.05) is 13.6 Å². The predicted molar refractivity (Wildman–Crippen MR) is 105 cm³/mol. The third-order valence-corrected chi connectivity index (χ3v) is 4.08. The largest absolute Gasteiger partial charge is 0.444 e. The van der Waals surface area contributed by atoms with Crippen LogP contribution >= 0.6 is 11.3 Å². The average Bonchev–Trinajstić information content (AvgIpc) is 3.29. The molecule has 0 aliphatic heterocycles. The highest BCUT2D eigenvalue weighted by Gasteiger charge is 2.15. The van der Waals surface area contributed by atoms with Crippen LogP contribution in [0, 0.1) is 0 Å². The molecule has 0 bridgehead atoms. The molecule has 3 rings (SSSR count). The molecule has 2 amide bonds. The highest BCUT2D eigenvalue weighted by atomic mass is 32.1. The van der Waals surface area contributed by atoms with E-state index in [1.54, 1.807) is 12.4 Å². The Morgan fingerprint density at radius 1 is 1.25 bits per heavy atom. The molecule has 1 aromatic carbocycles. The number of thiazole rings is 1. The molecule has 10 heteroatoms. The molecule has 3 aromatic rings. The standard InChI is InChI=1S/C12H19N3O3S.C6H4N2O/c1-12(2,3)18-11(17)14-6-5-9-15-8(7-19-9)10(16)13-4;1-2-4-6-5(3-1)7-8-9-6/h7H,5-6H2,1-4H3,(H,13,16)(H,14,17);1-4H. The first kappa shape index (κ1) is 21.3. The molecule has 2 aromatic heterocycles. The maximum Gasteiger partial charge on any atom is 0.407 e. The Kier molecular flexibility index (Phi) is 7.44. The van der Waals surface area contributed by atoms with Gasteiger partial charge in [-0.05, 0) is 32.9 Å². The molecule has 0 radical (unpaired) electrons. The fourth-order valence-electron chi connectivity index (χ4n) is 1.97. The van der Waals surface area contributed by atoms with Crippen molar-refractivity contribution in [2.24, 2.45) is 0 Å². The van der Waals surface area contributed by atoms with Crippen LogP contribution in [-0.4, -0.2) is 46.5 Å². The number of carbonyl (C=O) groups excluding carboxylic acids is 2. The van der Waals surface area contributed by atoms with Gasteiger partial charge in [0.1, 0.15) is 16.8 Å². The minimum Gasteiger partial charge on any atom is -0.444 e. The van der Waals surface area contributed by atoms with E-state index in [1.165, 1.54) is 11.3 Å². The first-order valence-electron chi connectivity index (χ1n) is 8.59. The van der Waals surface area contributed by atoms with Gasteiger partial charge in [0.15, 0.2) is 5.58 Å². The van der Waals surface area contributed by atoms with E-state index in [9.17, 15) is 9.59 Å². The number of amides is 2. The van der Waals surface area contributed by atoms with E-state index < -0.39 is 11.7 Å². The first-order valence-corrected chi connectivity index (χ1v) is 9.47. The normalized spacial score (nSPS) is 10.7. The molecule has 0 unspecified atom stereocenters. The summed E-state index contributed by atoms with van der Waals surface area (Å²) >= 11 is 1.39. The van der Waals surface area contributed by atoms with E-state index in [2.05, 4.69) is 26.0 Å². The second-order valence-electron chi connectivity index (χ2n) is 6.62. The topological polar surface area (TPSA) is 119 Å². The summed E-state index contributed by atoms with van der Waals surface area (Å²) < 4.78 is 9.86. The van der Waals surface area contributed by atoms with Gasteiger partial charge in [0.2, 0.25) is 0 Å². The lowest BCUT2D eigenvalue weighted by molar-refractivity contribution is 0.0528. The first-order chi connectivity index (χ1) is 13.3. The number of aromatic nitrogens is 3. The van der Waals surface area contributed by atoms with Gasteiger partial charge < -0.3 is 19.9 Å². The number of nitrogens with zero attached hydrogens (tertiary/aromatic N) is 3. The van der Waals surface area contributed by atoms with Gasteiger partial charge >= 0.3 is 6.09 Å². The van der Waals surface area contributed by atoms with E-state index in [1.807, 2.05) is 45.0 Å². The Balaban J connectivity index is 0.000000255. The number of hydrogen-bond acceptors (Lipinski definition) is 8. The third kappa shape index (κ3) is 6.95. The van der Waals surface area contributed by atoms with Gasteiger partial charge in [-0.1, -0.05) is 12.1 Å². The fourth-order valence-corrected chi connectivity index (χ4v) is 2.75. The van der Waals surface area contributed by atoms with Crippen molar-refractivity contribution >= 4 is 34.4 Å². The van der Waals surface area contributed by atoms with Crippen LogP contribution in [0.1, 0.15) is 36.3 Å². The molecule has 0 saturated carbocycles. The van der Waals surface area contributed by atoms with Crippen LogP contribution in [-0.2, 0) is 11.2 Å². The van der Waals surface area contributed by atoms with Crippen molar-refractivity contribution in [3.63, 3.8) is 0 Å². The summed E-state index contributed by atoms with van der Waals surface area (Å²) in [6.07, 6.45) is 0.122. The van der Waals surface area contributed by atoms with Crippen molar-refractivity contribution in [3.8, 4) is 0 Å². The maximum atomic E-state index is 11.4. The molecule has 150 valence electrons. The van der Waals surface area contributed by atoms with E-state index in [-0.39, 0.29) is 5.91 Å². The monoisotopic (exact) mass is 405 g/mol. The quantitative estimate of drug-likeness (QED) is 0.685. The summed E-state index contributed by atoms with van der Waals surface area (Å²) in [6.45, 7) is 5.85. The number of ether oxygens (including phenoxy) is 1. The summed E-state index contributed by atoms with van der Waals surface area (Å²) in [5, 5.41) is 14.7. The Labute approximate surface area is 166 Å². The Morgan fingerprint density at radius 3 is 2.68 bits per heavy atom. The zero-order chi connectivity index (χ0) is 20.6. The van der Waals surface area contributed by atoms with Crippen molar-refractivity contribution in [3.05, 3.63) is 40.3 Å². The van der Waals surface area contributed by atoms with Crippen LogP contribution in [0.4, 0.5) is 4.79 Å². The van der Waals surface area contributed by atoms with Gasteiger partial charge in [-0.3, -0.25) is 4.79 Å². The maximum absolute atomic E-state index is 11.4. The molecular weight excluding hydrogens is 382 g/mol. The van der Waals surface area contributed by atoms with Gasteiger partial charge in [0.05, 0.1) is 5.01 Å². The molecule has 0 atom stereocenters. The number of hydrogen-bond donors (Lipinski definition) is 2. The second kappa shape index (κ2) is 9.79. The van der Waals surface area contributed by atoms with Crippen molar-refractivity contribution in [1.82, 2.24) is 26.0 Å². The van der Waals surface area contributed by atoms with Crippen molar-refractivity contribution in [2.45, 2.75) is 32.8 Å². The van der Waals surface area contributed by atoms with Gasteiger partial charge in [-0.25, -0.2) is 9.78 Å². The van der Waals surface area contributed by atoms with E-state index in [0.717, 1.165) is 16.1 Å². The summed E-state index contributed by atoms with van der Waals surface area (Å²) in [5.41, 5.74) is 1.44. The number of carbonyl (C=O) groups is 2. The molecule has 0 aliphatic rings. The van der Waals surface area contributed by atoms with E-state index >= 15 is 0 Å². The molecule has 28 heavy (non-hydrogen) atoms. The highest BCUT2D eigenvalue weighted by molar-refractivity contribution is 7.09. The average molecular weight is 405 g/mol.